The quantitative estimate of drug-likeness (QED) is 0.0983. The van der Waals surface area contributed by atoms with Gasteiger partial charge in [-0.05, 0) is 48.2 Å². The molecule has 6 N–H and O–H groups in total. The SMILES string of the molecule is Cc1cnc(-c2ccc(C[C@H](N)C(=O)OCC(O)CN(CCOc3ccc(OCc4ccccc4)c(C(N)=O)c3)Cc3ccccc3)cc2)[nH]1. The lowest BCUT2D eigenvalue weighted by Crippen LogP contribution is -2.40. The molecule has 4 aromatic carbocycles. The number of carbonyl (C=O) groups is 2. The van der Waals surface area contributed by atoms with Gasteiger partial charge in [-0.15, -0.1) is 0 Å². The maximum Gasteiger partial charge on any atom is 0.323 e. The summed E-state index contributed by atoms with van der Waals surface area (Å²) in [6.45, 7) is 3.46. The fraction of sp³-hybridized carbons (Fsp3) is 0.256. The number of esters is 1. The molecule has 1 heterocycles. The summed E-state index contributed by atoms with van der Waals surface area (Å²) >= 11 is 0. The number of aromatic amines is 1. The Bertz CT molecular complexity index is 1810. The number of hydrogen-bond donors (Lipinski definition) is 4. The van der Waals surface area contributed by atoms with Gasteiger partial charge in [0.2, 0.25) is 0 Å². The predicted molar refractivity (Wildman–Crippen MR) is 190 cm³/mol. The van der Waals surface area contributed by atoms with Crippen LogP contribution in [0.2, 0.25) is 0 Å². The highest BCUT2D eigenvalue weighted by molar-refractivity contribution is 5.96. The van der Waals surface area contributed by atoms with E-state index in [0.29, 0.717) is 37.6 Å². The molecule has 0 spiro atoms. The Morgan fingerprint density at radius 3 is 2.26 bits per heavy atom. The maximum atomic E-state index is 12.7. The fourth-order valence-electron chi connectivity index (χ4n) is 5.35. The minimum Gasteiger partial charge on any atom is -0.492 e. The number of aliphatic hydroxyl groups is 1. The standard InChI is InChI=1S/C39H43N5O6/c1-27-22-42-38(43-27)31-14-12-28(13-15-31)20-35(40)39(47)50-26-32(45)24-44(23-29-8-4-2-5-9-29)18-19-48-33-16-17-36(34(21-33)37(41)46)49-25-30-10-6-3-7-11-30/h2-17,21-22,32,35,45H,18-20,23-26,40H2,1H3,(H2,41,46)(H,42,43)/t32?,35-/m0/s1. The van der Waals surface area contributed by atoms with Crippen LogP contribution in [-0.4, -0.2) is 70.3 Å². The van der Waals surface area contributed by atoms with E-state index in [4.69, 9.17) is 25.7 Å². The van der Waals surface area contributed by atoms with E-state index in [0.717, 1.165) is 33.8 Å². The molecule has 0 saturated heterocycles. The van der Waals surface area contributed by atoms with Crippen LogP contribution in [0, 0.1) is 6.92 Å². The second-order valence-corrected chi connectivity index (χ2v) is 12.1. The van der Waals surface area contributed by atoms with Gasteiger partial charge < -0.3 is 35.8 Å². The average molecular weight is 678 g/mol. The van der Waals surface area contributed by atoms with E-state index in [-0.39, 0.29) is 25.3 Å². The molecular formula is C39H43N5O6. The van der Waals surface area contributed by atoms with Crippen LogP contribution in [0.15, 0.2) is 109 Å². The monoisotopic (exact) mass is 677 g/mol. The molecule has 1 aromatic heterocycles. The van der Waals surface area contributed by atoms with Gasteiger partial charge >= 0.3 is 5.97 Å². The van der Waals surface area contributed by atoms with E-state index in [2.05, 4.69) is 9.97 Å². The maximum absolute atomic E-state index is 12.7. The summed E-state index contributed by atoms with van der Waals surface area (Å²) in [5, 5.41) is 10.9. The summed E-state index contributed by atoms with van der Waals surface area (Å²) in [6, 6.07) is 31.2. The summed E-state index contributed by atoms with van der Waals surface area (Å²) in [5.74, 6) is 0.388. The Balaban J connectivity index is 1.12. The lowest BCUT2D eigenvalue weighted by molar-refractivity contribution is -0.148. The number of amides is 1. The highest BCUT2D eigenvalue weighted by Gasteiger charge is 2.20. The Labute approximate surface area is 291 Å². The van der Waals surface area contributed by atoms with E-state index in [1.54, 1.807) is 24.4 Å². The highest BCUT2D eigenvalue weighted by atomic mass is 16.5. The zero-order chi connectivity index (χ0) is 35.3. The number of nitrogens with one attached hydrogen (secondary N) is 1. The minimum absolute atomic E-state index is 0.206. The van der Waals surface area contributed by atoms with Crippen LogP contribution in [0.5, 0.6) is 11.5 Å². The third-order valence-corrected chi connectivity index (χ3v) is 7.95. The van der Waals surface area contributed by atoms with Crippen LogP contribution in [0.1, 0.15) is 32.7 Å². The molecule has 2 atom stereocenters. The fourth-order valence-corrected chi connectivity index (χ4v) is 5.35. The van der Waals surface area contributed by atoms with Crippen LogP contribution in [0.25, 0.3) is 11.4 Å². The molecular weight excluding hydrogens is 634 g/mol. The second-order valence-electron chi connectivity index (χ2n) is 12.1. The molecule has 0 fully saturated rings. The molecule has 0 aliphatic carbocycles. The first kappa shape index (κ1) is 35.8. The number of ether oxygens (including phenoxy) is 3. The molecule has 1 amide bonds. The molecule has 11 nitrogen and oxygen atoms in total. The van der Waals surface area contributed by atoms with E-state index < -0.39 is 24.0 Å². The summed E-state index contributed by atoms with van der Waals surface area (Å²) < 4.78 is 17.3. The number of nitrogens with two attached hydrogens (primary N) is 2. The third-order valence-electron chi connectivity index (χ3n) is 7.95. The molecule has 0 aliphatic heterocycles. The molecule has 0 aliphatic rings. The van der Waals surface area contributed by atoms with E-state index >= 15 is 0 Å². The molecule has 260 valence electrons. The number of H-pyrrole nitrogens is 1. The predicted octanol–water partition coefficient (Wildman–Crippen LogP) is 4.42. The van der Waals surface area contributed by atoms with Gasteiger partial charge in [0.1, 0.15) is 49.3 Å². The van der Waals surface area contributed by atoms with E-state index in [1.165, 1.54) is 0 Å². The second kappa shape index (κ2) is 17.8. The van der Waals surface area contributed by atoms with Gasteiger partial charge in [-0.3, -0.25) is 14.5 Å². The van der Waals surface area contributed by atoms with Crippen molar-refractivity contribution in [2.45, 2.75) is 38.6 Å². The van der Waals surface area contributed by atoms with Gasteiger partial charge in [-0.2, -0.15) is 0 Å². The first-order chi connectivity index (χ1) is 24.2. The van der Waals surface area contributed by atoms with Crippen molar-refractivity contribution in [2.24, 2.45) is 11.5 Å². The van der Waals surface area contributed by atoms with Crippen molar-refractivity contribution in [3.8, 4) is 22.9 Å². The third kappa shape index (κ3) is 10.8. The van der Waals surface area contributed by atoms with Crippen LogP contribution >= 0.6 is 0 Å². The average Bonchev–Trinajstić information content (AvgIpc) is 3.57. The number of imidazole rings is 1. The van der Waals surface area contributed by atoms with E-state index in [9.17, 15) is 14.7 Å². The first-order valence-corrected chi connectivity index (χ1v) is 16.4. The topological polar surface area (TPSA) is 166 Å². The lowest BCUT2D eigenvalue weighted by Gasteiger charge is -2.25. The smallest absolute Gasteiger partial charge is 0.323 e. The number of aryl methyl sites for hydroxylation is 1. The van der Waals surface area contributed by atoms with Gasteiger partial charge in [0, 0.05) is 37.1 Å². The molecule has 0 bridgehead atoms. The van der Waals surface area contributed by atoms with Crippen molar-refractivity contribution >= 4 is 11.9 Å². The summed E-state index contributed by atoms with van der Waals surface area (Å²) in [6.07, 6.45) is 1.10. The lowest BCUT2D eigenvalue weighted by atomic mass is 10.0. The van der Waals surface area contributed by atoms with Gasteiger partial charge in [-0.25, -0.2) is 4.98 Å². The van der Waals surface area contributed by atoms with Crippen molar-refractivity contribution in [2.75, 3.05) is 26.3 Å². The zero-order valence-corrected chi connectivity index (χ0v) is 28.0. The van der Waals surface area contributed by atoms with Crippen LogP contribution < -0.4 is 20.9 Å². The molecule has 5 rings (SSSR count). The van der Waals surface area contributed by atoms with Crippen molar-refractivity contribution in [1.82, 2.24) is 14.9 Å². The number of aliphatic hydroxyl groups excluding tert-OH is 1. The van der Waals surface area contributed by atoms with E-state index in [1.807, 2.05) is 96.8 Å². The Morgan fingerprint density at radius 2 is 1.60 bits per heavy atom. The summed E-state index contributed by atoms with van der Waals surface area (Å²) in [7, 11) is 0. The van der Waals surface area contributed by atoms with Crippen molar-refractivity contribution in [3.05, 3.63) is 137 Å². The highest BCUT2D eigenvalue weighted by Crippen LogP contribution is 2.25. The zero-order valence-electron chi connectivity index (χ0n) is 28.0. The molecule has 1 unspecified atom stereocenters. The molecule has 0 radical (unpaired) electrons. The van der Waals surface area contributed by atoms with Crippen molar-refractivity contribution in [1.29, 1.82) is 0 Å². The Hall–Kier alpha value is -5.49. The van der Waals surface area contributed by atoms with Crippen LogP contribution in [-0.2, 0) is 29.1 Å². The van der Waals surface area contributed by atoms with Gasteiger partial charge in [0.25, 0.3) is 5.91 Å². The normalized spacial score (nSPS) is 12.3. The number of primary amides is 1. The summed E-state index contributed by atoms with van der Waals surface area (Å²) in [4.78, 5) is 34.4. The van der Waals surface area contributed by atoms with Gasteiger partial charge in [0.05, 0.1) is 5.56 Å². The Morgan fingerprint density at radius 1 is 0.900 bits per heavy atom. The van der Waals surface area contributed by atoms with Gasteiger partial charge in [-0.1, -0.05) is 84.9 Å². The molecule has 5 aromatic rings. The number of rotatable bonds is 18. The first-order valence-electron chi connectivity index (χ1n) is 16.4. The minimum atomic E-state index is -0.964. The largest absolute Gasteiger partial charge is 0.492 e. The van der Waals surface area contributed by atoms with Gasteiger partial charge in [0.15, 0.2) is 0 Å². The molecule has 0 saturated carbocycles. The van der Waals surface area contributed by atoms with Crippen LogP contribution in [0.4, 0.5) is 0 Å². The van der Waals surface area contributed by atoms with Crippen molar-refractivity contribution in [3.63, 3.8) is 0 Å². The molecule has 50 heavy (non-hydrogen) atoms. The number of carbonyl (C=O) groups excluding carboxylic acids is 2. The number of aromatic nitrogens is 2. The number of hydrogen-bond acceptors (Lipinski definition) is 9. The number of nitrogens with zero attached hydrogens (tertiary/aromatic N) is 2. The summed E-state index contributed by atoms with van der Waals surface area (Å²) in [5.41, 5.74) is 16.8. The Kier molecular flexibility index (Phi) is 12.7. The van der Waals surface area contributed by atoms with Crippen LogP contribution in [0.3, 0.4) is 0 Å². The molecule has 11 heteroatoms. The number of benzene rings is 4. The van der Waals surface area contributed by atoms with Crippen molar-refractivity contribution < 1.29 is 28.9 Å².